The molecule has 0 saturated carbocycles. The third-order valence-electron chi connectivity index (χ3n) is 2.96. The Morgan fingerprint density at radius 3 is 2.29 bits per heavy atom. The van der Waals surface area contributed by atoms with Crippen molar-refractivity contribution in [3.05, 3.63) is 72.0 Å². The number of carbonyl (C=O) groups is 1. The molecule has 0 aliphatic rings. The second-order valence-corrected chi connectivity index (χ2v) is 5.14. The van der Waals surface area contributed by atoms with Crippen LogP contribution in [0.1, 0.15) is 0 Å². The first-order valence-electron chi connectivity index (χ1n) is 7.08. The van der Waals surface area contributed by atoms with Crippen LogP contribution in [0.4, 0.5) is 16.2 Å². The summed E-state index contributed by atoms with van der Waals surface area (Å²) in [5, 5.41) is 5.72. The van der Waals surface area contributed by atoms with Crippen LogP contribution in [-0.2, 0) is 0 Å². The van der Waals surface area contributed by atoms with Gasteiger partial charge >= 0.3 is 12.0 Å². The minimum atomic E-state index is -0.441. The fourth-order valence-electron chi connectivity index (χ4n) is 1.87. The Balaban J connectivity index is 1.60. The molecular formula is C17H13ClN4O2. The molecule has 2 N–H and O–H groups in total. The van der Waals surface area contributed by atoms with E-state index in [1.54, 1.807) is 36.4 Å². The molecule has 120 valence electrons. The smallest absolute Gasteiger partial charge is 0.323 e. The van der Waals surface area contributed by atoms with Crippen LogP contribution in [0.2, 0.25) is 5.02 Å². The summed E-state index contributed by atoms with van der Waals surface area (Å²) in [5.41, 5.74) is 0.946. The van der Waals surface area contributed by atoms with E-state index in [-0.39, 0.29) is 6.01 Å². The molecule has 0 aliphatic carbocycles. The first-order valence-corrected chi connectivity index (χ1v) is 7.46. The van der Waals surface area contributed by atoms with E-state index in [1.807, 2.05) is 18.2 Å². The molecule has 0 radical (unpaired) electrons. The van der Waals surface area contributed by atoms with Crippen molar-refractivity contribution in [1.29, 1.82) is 0 Å². The molecule has 2 aromatic carbocycles. The van der Waals surface area contributed by atoms with E-state index in [4.69, 9.17) is 16.3 Å². The van der Waals surface area contributed by atoms with Gasteiger partial charge in [-0.25, -0.2) is 14.8 Å². The molecular weight excluding hydrogens is 328 g/mol. The Morgan fingerprint density at radius 2 is 1.58 bits per heavy atom. The van der Waals surface area contributed by atoms with Crippen LogP contribution in [-0.4, -0.2) is 16.0 Å². The highest BCUT2D eigenvalue weighted by atomic mass is 35.5. The van der Waals surface area contributed by atoms with Crippen LogP contribution in [0.25, 0.3) is 0 Å². The second kappa shape index (κ2) is 7.43. The Labute approximate surface area is 143 Å². The van der Waals surface area contributed by atoms with Crippen LogP contribution in [0.3, 0.4) is 0 Å². The number of hydrogen-bond donors (Lipinski definition) is 2. The SMILES string of the molecule is O=C(Nc1cnc(Oc2ccccc2)nc1)Nc1ccccc1Cl. The van der Waals surface area contributed by atoms with Crippen molar-refractivity contribution in [2.45, 2.75) is 0 Å². The zero-order valence-electron chi connectivity index (χ0n) is 12.4. The van der Waals surface area contributed by atoms with Crippen molar-refractivity contribution in [2.75, 3.05) is 10.6 Å². The third kappa shape index (κ3) is 4.21. The normalized spacial score (nSPS) is 10.0. The van der Waals surface area contributed by atoms with Crippen molar-refractivity contribution in [3.63, 3.8) is 0 Å². The summed E-state index contributed by atoms with van der Waals surface area (Å²) in [6, 6.07) is 15.9. The molecule has 1 aromatic heterocycles. The van der Waals surface area contributed by atoms with Crippen molar-refractivity contribution in [1.82, 2.24) is 9.97 Å². The monoisotopic (exact) mass is 340 g/mol. The van der Waals surface area contributed by atoms with Crippen molar-refractivity contribution >= 4 is 29.0 Å². The Kier molecular flexibility index (Phi) is 4.88. The number of benzene rings is 2. The van der Waals surface area contributed by atoms with Gasteiger partial charge in [0, 0.05) is 0 Å². The van der Waals surface area contributed by atoms with Gasteiger partial charge in [-0.15, -0.1) is 0 Å². The Morgan fingerprint density at radius 1 is 0.917 bits per heavy atom. The molecule has 0 spiro atoms. The van der Waals surface area contributed by atoms with Gasteiger partial charge in [0.25, 0.3) is 0 Å². The maximum absolute atomic E-state index is 11.9. The predicted octanol–water partition coefficient (Wildman–Crippen LogP) is 4.57. The average molecular weight is 341 g/mol. The summed E-state index contributed by atoms with van der Waals surface area (Å²) in [6.45, 7) is 0. The maximum atomic E-state index is 11.9. The summed E-state index contributed by atoms with van der Waals surface area (Å²) >= 11 is 5.99. The largest absolute Gasteiger partial charge is 0.424 e. The lowest BCUT2D eigenvalue weighted by Gasteiger charge is -2.09. The van der Waals surface area contributed by atoms with Crippen molar-refractivity contribution < 1.29 is 9.53 Å². The summed E-state index contributed by atoms with van der Waals surface area (Å²) in [4.78, 5) is 20.0. The van der Waals surface area contributed by atoms with Crippen LogP contribution in [0.15, 0.2) is 67.0 Å². The number of aromatic nitrogens is 2. The molecule has 0 saturated heterocycles. The van der Waals surface area contributed by atoms with E-state index >= 15 is 0 Å². The number of hydrogen-bond acceptors (Lipinski definition) is 4. The van der Waals surface area contributed by atoms with E-state index < -0.39 is 6.03 Å². The second-order valence-electron chi connectivity index (χ2n) is 4.73. The van der Waals surface area contributed by atoms with Gasteiger partial charge in [0.2, 0.25) is 0 Å². The average Bonchev–Trinajstić information content (AvgIpc) is 2.60. The maximum Gasteiger partial charge on any atom is 0.323 e. The third-order valence-corrected chi connectivity index (χ3v) is 3.29. The number of carbonyl (C=O) groups excluding carboxylic acids is 1. The standard InChI is InChI=1S/C17H13ClN4O2/c18-14-8-4-5-9-15(14)22-16(23)21-12-10-19-17(20-11-12)24-13-6-2-1-3-7-13/h1-11H,(H2,21,22,23). The highest BCUT2D eigenvalue weighted by Crippen LogP contribution is 2.21. The summed E-state index contributed by atoms with van der Waals surface area (Å²) < 4.78 is 5.48. The van der Waals surface area contributed by atoms with Crippen LogP contribution in [0.5, 0.6) is 11.8 Å². The summed E-state index contributed by atoms with van der Waals surface area (Å²) in [5.74, 6) is 0.634. The van der Waals surface area contributed by atoms with Gasteiger partial charge in [0.05, 0.1) is 28.8 Å². The summed E-state index contributed by atoms with van der Waals surface area (Å²) in [6.07, 6.45) is 2.91. The number of para-hydroxylation sites is 2. The molecule has 0 aliphatic heterocycles. The van der Waals surface area contributed by atoms with Gasteiger partial charge in [0.1, 0.15) is 5.75 Å². The van der Waals surface area contributed by atoms with E-state index in [0.717, 1.165) is 0 Å². The number of anilines is 2. The first kappa shape index (κ1) is 15.8. The number of halogens is 1. The lowest BCUT2D eigenvalue weighted by Crippen LogP contribution is -2.19. The number of ether oxygens (including phenoxy) is 1. The van der Waals surface area contributed by atoms with Crippen molar-refractivity contribution in [3.8, 4) is 11.8 Å². The van der Waals surface area contributed by atoms with Crippen LogP contribution >= 0.6 is 11.6 Å². The van der Waals surface area contributed by atoms with E-state index in [0.29, 0.717) is 22.1 Å². The van der Waals surface area contributed by atoms with Gasteiger partial charge in [-0.3, -0.25) is 0 Å². The van der Waals surface area contributed by atoms with Gasteiger partial charge in [-0.1, -0.05) is 41.9 Å². The molecule has 0 unspecified atom stereocenters. The molecule has 3 aromatic rings. The van der Waals surface area contributed by atoms with Crippen LogP contribution < -0.4 is 15.4 Å². The first-order chi connectivity index (χ1) is 11.7. The highest BCUT2D eigenvalue weighted by Gasteiger charge is 2.07. The number of urea groups is 1. The zero-order chi connectivity index (χ0) is 16.8. The van der Waals surface area contributed by atoms with Gasteiger partial charge < -0.3 is 15.4 Å². The number of nitrogens with zero attached hydrogens (tertiary/aromatic N) is 2. The minimum absolute atomic E-state index is 0.193. The quantitative estimate of drug-likeness (QED) is 0.729. The fraction of sp³-hybridized carbons (Fsp3) is 0. The zero-order valence-corrected chi connectivity index (χ0v) is 13.2. The lowest BCUT2D eigenvalue weighted by molar-refractivity contribution is 0.262. The van der Waals surface area contributed by atoms with E-state index in [1.165, 1.54) is 12.4 Å². The molecule has 7 heteroatoms. The topological polar surface area (TPSA) is 76.1 Å². The molecule has 0 atom stereocenters. The summed E-state index contributed by atoms with van der Waals surface area (Å²) in [7, 11) is 0. The van der Waals surface area contributed by atoms with Gasteiger partial charge in [0.15, 0.2) is 0 Å². The molecule has 6 nitrogen and oxygen atoms in total. The molecule has 24 heavy (non-hydrogen) atoms. The van der Waals surface area contributed by atoms with Crippen molar-refractivity contribution in [2.24, 2.45) is 0 Å². The molecule has 3 rings (SSSR count). The number of rotatable bonds is 4. The number of nitrogens with one attached hydrogen (secondary N) is 2. The Hall–Kier alpha value is -3.12. The van der Waals surface area contributed by atoms with Gasteiger partial charge in [-0.05, 0) is 24.3 Å². The minimum Gasteiger partial charge on any atom is -0.424 e. The number of amides is 2. The van der Waals surface area contributed by atoms with E-state index in [2.05, 4.69) is 20.6 Å². The molecule has 0 bridgehead atoms. The van der Waals surface area contributed by atoms with Gasteiger partial charge in [-0.2, -0.15) is 0 Å². The van der Waals surface area contributed by atoms with Crippen LogP contribution in [0, 0.1) is 0 Å². The lowest BCUT2D eigenvalue weighted by atomic mass is 10.3. The molecule has 2 amide bonds. The highest BCUT2D eigenvalue weighted by molar-refractivity contribution is 6.33. The van der Waals surface area contributed by atoms with E-state index in [9.17, 15) is 4.79 Å². The Bertz CT molecular complexity index is 826. The molecule has 0 fully saturated rings. The fourth-order valence-corrected chi connectivity index (χ4v) is 2.06. The predicted molar refractivity (Wildman–Crippen MR) is 92.6 cm³/mol. The molecule has 1 heterocycles.